The van der Waals surface area contributed by atoms with E-state index < -0.39 is 4.92 Å². The van der Waals surface area contributed by atoms with Crippen LogP contribution in [0.2, 0.25) is 0 Å². The van der Waals surface area contributed by atoms with Crippen molar-refractivity contribution in [3.05, 3.63) is 81.2 Å². The molecule has 0 radical (unpaired) electrons. The molecule has 3 aromatic rings. The molecule has 160 valence electrons. The molecule has 1 aromatic heterocycles. The average molecular weight is 421 g/mol. The monoisotopic (exact) mass is 421 g/mol. The number of hydrogen-bond donors (Lipinski definition) is 1. The molecule has 1 amide bonds. The Bertz CT molecular complexity index is 1100. The van der Waals surface area contributed by atoms with Crippen LogP contribution < -0.4 is 10.1 Å². The molecule has 0 unspecified atom stereocenters. The average Bonchev–Trinajstić information content (AvgIpc) is 3.12. The van der Waals surface area contributed by atoms with Crippen molar-refractivity contribution in [3.8, 4) is 5.75 Å². The molecule has 31 heavy (non-hydrogen) atoms. The van der Waals surface area contributed by atoms with E-state index in [1.54, 1.807) is 30.3 Å². The van der Waals surface area contributed by atoms with E-state index in [0.717, 1.165) is 16.8 Å². The van der Waals surface area contributed by atoms with Crippen LogP contribution in [-0.2, 0) is 4.79 Å². The van der Waals surface area contributed by atoms with Crippen LogP contribution in [0.15, 0.2) is 53.1 Å². The van der Waals surface area contributed by atoms with Gasteiger partial charge in [0.2, 0.25) is 5.76 Å². The molecule has 8 nitrogen and oxygen atoms in total. The fourth-order valence-corrected chi connectivity index (χ4v) is 3.01. The topological polar surface area (TPSA) is 108 Å². The van der Waals surface area contributed by atoms with E-state index in [0.29, 0.717) is 11.7 Å². The third-order valence-electron chi connectivity index (χ3n) is 4.57. The number of anilines is 1. The Hall–Kier alpha value is -3.94. The van der Waals surface area contributed by atoms with Crippen LogP contribution in [0.1, 0.15) is 42.3 Å². The number of carbonyl (C=O) groups excluding carboxylic acids is 1. The first-order valence-electron chi connectivity index (χ1n) is 9.75. The van der Waals surface area contributed by atoms with E-state index in [9.17, 15) is 14.9 Å². The van der Waals surface area contributed by atoms with Gasteiger partial charge in [0.1, 0.15) is 5.75 Å². The molecule has 0 fully saturated rings. The number of aromatic nitrogens is 1. The first kappa shape index (κ1) is 21.8. The summed E-state index contributed by atoms with van der Waals surface area (Å²) in [6.45, 7) is 5.53. The van der Waals surface area contributed by atoms with Gasteiger partial charge < -0.3 is 14.6 Å². The highest BCUT2D eigenvalue weighted by Gasteiger charge is 2.21. The van der Waals surface area contributed by atoms with Gasteiger partial charge in [-0.15, -0.1) is 0 Å². The maximum absolute atomic E-state index is 12.3. The van der Waals surface area contributed by atoms with Gasteiger partial charge in [0, 0.05) is 5.69 Å². The molecular weight excluding hydrogens is 398 g/mol. The summed E-state index contributed by atoms with van der Waals surface area (Å²) in [4.78, 5) is 22.8. The molecule has 1 N–H and O–H groups in total. The highest BCUT2D eigenvalue weighted by atomic mass is 16.6. The first-order valence-corrected chi connectivity index (χ1v) is 9.75. The molecule has 0 spiro atoms. The molecule has 8 heteroatoms. The van der Waals surface area contributed by atoms with Gasteiger partial charge in [-0.3, -0.25) is 14.9 Å². The number of benzene rings is 2. The van der Waals surface area contributed by atoms with E-state index in [4.69, 9.17) is 9.26 Å². The Labute approximate surface area is 179 Å². The second-order valence-electron chi connectivity index (χ2n) is 7.22. The molecule has 0 atom stereocenters. The molecule has 2 aromatic carbocycles. The predicted molar refractivity (Wildman–Crippen MR) is 118 cm³/mol. The van der Waals surface area contributed by atoms with E-state index in [1.165, 1.54) is 13.0 Å². The van der Waals surface area contributed by atoms with Crippen molar-refractivity contribution < 1.29 is 19.0 Å². The normalized spacial score (nSPS) is 11.1. The molecule has 0 aliphatic rings. The summed E-state index contributed by atoms with van der Waals surface area (Å²) in [6, 6.07) is 14.7. The molecular formula is C23H23N3O5. The van der Waals surface area contributed by atoms with Gasteiger partial charge in [0.05, 0.1) is 4.92 Å². The van der Waals surface area contributed by atoms with Crippen LogP contribution in [0, 0.1) is 17.0 Å². The first-order chi connectivity index (χ1) is 14.8. The van der Waals surface area contributed by atoms with Crippen molar-refractivity contribution in [2.24, 2.45) is 0 Å². The number of aryl methyl sites for hydroxylation is 1. The Morgan fingerprint density at radius 3 is 2.58 bits per heavy atom. The molecule has 3 rings (SSSR count). The minimum Gasteiger partial charge on any atom is -0.484 e. The molecule has 0 saturated heterocycles. The summed E-state index contributed by atoms with van der Waals surface area (Å²) >= 11 is 0. The lowest BCUT2D eigenvalue weighted by Crippen LogP contribution is -2.21. The predicted octanol–water partition coefficient (Wildman–Crippen LogP) is 5.20. The number of para-hydroxylation sites is 1. The molecule has 0 bridgehead atoms. The van der Waals surface area contributed by atoms with Crippen LogP contribution in [0.3, 0.4) is 0 Å². The van der Waals surface area contributed by atoms with Crippen LogP contribution in [0.4, 0.5) is 11.4 Å². The second kappa shape index (κ2) is 9.71. The Morgan fingerprint density at radius 2 is 1.90 bits per heavy atom. The third kappa shape index (κ3) is 5.57. The van der Waals surface area contributed by atoms with Crippen LogP contribution in [0.25, 0.3) is 12.2 Å². The van der Waals surface area contributed by atoms with Gasteiger partial charge in [0.15, 0.2) is 12.3 Å². The Morgan fingerprint density at radius 1 is 1.19 bits per heavy atom. The molecule has 0 aliphatic carbocycles. The van der Waals surface area contributed by atoms with Gasteiger partial charge in [-0.25, -0.2) is 0 Å². The van der Waals surface area contributed by atoms with Crippen molar-refractivity contribution >= 4 is 29.4 Å². The lowest BCUT2D eigenvalue weighted by Gasteiger charge is -2.14. The zero-order chi connectivity index (χ0) is 22.4. The smallest absolute Gasteiger partial charge is 0.338 e. The standard InChI is InChI=1S/C23H23N3O5/c1-15(2)19-6-4-5-7-20(19)24-22(27)14-30-18-11-8-17(9-12-18)10-13-21-23(26(28)29)16(3)25-31-21/h4-13,15H,14H2,1-3H3,(H,24,27)/b13-10-. The summed E-state index contributed by atoms with van der Waals surface area (Å²) in [5, 5.41) is 17.6. The zero-order valence-electron chi connectivity index (χ0n) is 17.5. The SMILES string of the molecule is Cc1noc(/C=C\c2ccc(OCC(=O)Nc3ccccc3C(C)C)cc2)c1[N+](=O)[O-]. The fourth-order valence-electron chi connectivity index (χ4n) is 3.01. The van der Waals surface area contributed by atoms with Crippen molar-refractivity contribution in [3.63, 3.8) is 0 Å². The van der Waals surface area contributed by atoms with Crippen molar-refractivity contribution in [2.45, 2.75) is 26.7 Å². The minimum absolute atomic E-state index is 0.0844. The molecule has 0 saturated carbocycles. The summed E-state index contributed by atoms with van der Waals surface area (Å²) in [5.41, 5.74) is 2.70. The van der Waals surface area contributed by atoms with E-state index in [1.807, 2.05) is 24.3 Å². The van der Waals surface area contributed by atoms with Gasteiger partial charge in [-0.1, -0.05) is 55.4 Å². The van der Waals surface area contributed by atoms with Gasteiger partial charge in [-0.05, 0) is 48.2 Å². The third-order valence-corrected chi connectivity index (χ3v) is 4.57. The maximum atomic E-state index is 12.3. The number of amides is 1. The second-order valence-corrected chi connectivity index (χ2v) is 7.22. The quantitative estimate of drug-likeness (QED) is 0.395. The van der Waals surface area contributed by atoms with E-state index in [2.05, 4.69) is 24.3 Å². The van der Waals surface area contributed by atoms with Crippen LogP contribution in [-0.4, -0.2) is 22.6 Å². The maximum Gasteiger partial charge on any atom is 0.338 e. The number of nitro groups is 1. The van der Waals surface area contributed by atoms with Gasteiger partial charge in [0.25, 0.3) is 5.91 Å². The lowest BCUT2D eigenvalue weighted by atomic mass is 10.0. The van der Waals surface area contributed by atoms with E-state index in [-0.39, 0.29) is 29.7 Å². The number of carbonyl (C=O) groups is 1. The summed E-state index contributed by atoms with van der Waals surface area (Å²) in [7, 11) is 0. The largest absolute Gasteiger partial charge is 0.484 e. The van der Waals surface area contributed by atoms with Crippen molar-refractivity contribution in [2.75, 3.05) is 11.9 Å². The van der Waals surface area contributed by atoms with Crippen molar-refractivity contribution in [1.82, 2.24) is 5.16 Å². The van der Waals surface area contributed by atoms with Crippen molar-refractivity contribution in [1.29, 1.82) is 0 Å². The lowest BCUT2D eigenvalue weighted by molar-refractivity contribution is -0.386. The minimum atomic E-state index is -0.521. The number of nitrogens with one attached hydrogen (secondary N) is 1. The summed E-state index contributed by atoms with van der Waals surface area (Å²) in [5.74, 6) is 0.664. The van der Waals surface area contributed by atoms with Gasteiger partial charge in [-0.2, -0.15) is 0 Å². The van der Waals surface area contributed by atoms with Gasteiger partial charge >= 0.3 is 5.69 Å². The number of hydrogen-bond acceptors (Lipinski definition) is 6. The number of rotatable bonds is 8. The Balaban J connectivity index is 1.58. The zero-order valence-corrected chi connectivity index (χ0v) is 17.5. The van der Waals surface area contributed by atoms with Crippen LogP contribution >= 0.6 is 0 Å². The number of nitrogens with zero attached hydrogens (tertiary/aromatic N) is 2. The number of ether oxygens (including phenoxy) is 1. The molecule has 1 heterocycles. The Kier molecular flexibility index (Phi) is 6.81. The fraction of sp³-hybridized carbons (Fsp3) is 0.217. The molecule has 0 aliphatic heterocycles. The van der Waals surface area contributed by atoms with E-state index >= 15 is 0 Å². The highest BCUT2D eigenvalue weighted by molar-refractivity contribution is 5.92. The highest BCUT2D eigenvalue weighted by Crippen LogP contribution is 2.25. The van der Waals surface area contributed by atoms with Crippen LogP contribution in [0.5, 0.6) is 5.75 Å². The summed E-state index contributed by atoms with van der Waals surface area (Å²) < 4.78 is 10.5. The summed E-state index contributed by atoms with van der Waals surface area (Å²) in [6.07, 6.45) is 3.17.